The van der Waals surface area contributed by atoms with E-state index in [2.05, 4.69) is 22.8 Å². The van der Waals surface area contributed by atoms with Crippen molar-refractivity contribution in [3.8, 4) is 0 Å². The van der Waals surface area contributed by atoms with E-state index in [0.717, 1.165) is 69.6 Å². The highest BCUT2D eigenvalue weighted by atomic mass is 35.5. The Morgan fingerprint density at radius 1 is 1.15 bits per heavy atom. The van der Waals surface area contributed by atoms with Crippen molar-refractivity contribution in [1.29, 1.82) is 0 Å². The zero-order valence-corrected chi connectivity index (χ0v) is 16.3. The van der Waals surface area contributed by atoms with E-state index in [0.29, 0.717) is 11.9 Å². The lowest BCUT2D eigenvalue weighted by atomic mass is 9.78. The van der Waals surface area contributed by atoms with Crippen molar-refractivity contribution < 1.29 is 9.90 Å². The van der Waals surface area contributed by atoms with E-state index in [9.17, 15) is 9.90 Å². The highest BCUT2D eigenvalue weighted by Gasteiger charge is 2.50. The summed E-state index contributed by atoms with van der Waals surface area (Å²) in [6.07, 6.45) is 6.41. The first-order chi connectivity index (χ1) is 12.5. The maximum absolute atomic E-state index is 13.4. The molecule has 1 saturated carbocycles. The van der Waals surface area contributed by atoms with Gasteiger partial charge >= 0.3 is 0 Å². The van der Waals surface area contributed by atoms with Crippen LogP contribution in [0.15, 0.2) is 18.2 Å². The molecule has 5 heteroatoms. The predicted octanol–water partition coefficient (Wildman–Crippen LogP) is 3.77. The molecule has 1 atom stereocenters. The monoisotopic (exact) mass is 376 g/mol. The average molecular weight is 377 g/mol. The van der Waals surface area contributed by atoms with Gasteiger partial charge in [-0.05, 0) is 75.6 Å². The molecule has 1 aliphatic carbocycles. The largest absolute Gasteiger partial charge is 0.393 e. The van der Waals surface area contributed by atoms with Crippen LogP contribution < -0.4 is 4.90 Å². The molecule has 0 bridgehead atoms. The van der Waals surface area contributed by atoms with Crippen molar-refractivity contribution >= 4 is 23.2 Å². The summed E-state index contributed by atoms with van der Waals surface area (Å²) >= 11 is 6.12. The summed E-state index contributed by atoms with van der Waals surface area (Å²) in [7, 11) is 0. The summed E-state index contributed by atoms with van der Waals surface area (Å²) in [5, 5.41) is 10.5. The van der Waals surface area contributed by atoms with Crippen LogP contribution in [0, 0.1) is 12.3 Å². The van der Waals surface area contributed by atoms with E-state index in [1.54, 1.807) is 0 Å². The van der Waals surface area contributed by atoms with Gasteiger partial charge in [-0.15, -0.1) is 0 Å². The fraction of sp³-hybridized carbons (Fsp3) is 0.667. The van der Waals surface area contributed by atoms with Crippen LogP contribution in [0.1, 0.15) is 50.5 Å². The van der Waals surface area contributed by atoms with Crippen molar-refractivity contribution in [2.24, 2.45) is 5.41 Å². The molecule has 1 aromatic carbocycles. The van der Waals surface area contributed by atoms with Crippen molar-refractivity contribution in [3.63, 3.8) is 0 Å². The minimum absolute atomic E-state index is 0.170. The summed E-state index contributed by atoms with van der Waals surface area (Å²) in [6, 6.07) is 6.38. The van der Waals surface area contributed by atoms with Crippen molar-refractivity contribution in [2.45, 2.75) is 64.0 Å². The molecule has 4 rings (SSSR count). The van der Waals surface area contributed by atoms with E-state index in [1.165, 1.54) is 11.3 Å². The molecule has 0 radical (unpaired) electrons. The number of hydrogen-bond acceptors (Lipinski definition) is 3. The Bertz CT molecular complexity index is 687. The number of aliphatic hydroxyl groups excluding tert-OH is 1. The van der Waals surface area contributed by atoms with Crippen LogP contribution in [-0.2, 0) is 4.79 Å². The fourth-order valence-corrected chi connectivity index (χ4v) is 5.48. The van der Waals surface area contributed by atoms with Gasteiger partial charge in [-0.1, -0.05) is 11.6 Å². The van der Waals surface area contributed by atoms with E-state index in [1.807, 2.05) is 12.1 Å². The average Bonchev–Trinajstić information content (AvgIpc) is 2.92. The summed E-state index contributed by atoms with van der Waals surface area (Å²) < 4.78 is 0. The maximum atomic E-state index is 13.4. The highest BCUT2D eigenvalue weighted by Crippen LogP contribution is 2.44. The van der Waals surface area contributed by atoms with Gasteiger partial charge in [0, 0.05) is 36.4 Å². The van der Waals surface area contributed by atoms with Crippen LogP contribution in [0.25, 0.3) is 0 Å². The van der Waals surface area contributed by atoms with Crippen LogP contribution in [0.5, 0.6) is 0 Å². The molecule has 0 aromatic heterocycles. The molecule has 1 amide bonds. The Morgan fingerprint density at radius 3 is 2.65 bits per heavy atom. The number of hydrogen-bond donors (Lipinski definition) is 1. The Kier molecular flexibility index (Phi) is 4.91. The Hall–Kier alpha value is -1.26. The first kappa shape index (κ1) is 18.1. The number of nitrogens with zero attached hydrogens (tertiary/aromatic N) is 2. The number of anilines is 1. The van der Waals surface area contributed by atoms with Gasteiger partial charge in [-0.2, -0.15) is 0 Å². The zero-order chi connectivity index (χ0) is 18.3. The van der Waals surface area contributed by atoms with Gasteiger partial charge < -0.3 is 14.9 Å². The standard InChI is InChI=1S/C21H29ClN2O2/c1-15-13-16(22)3-8-19(15)23-11-2-9-21(14-23)10-12-24(20(21)26)17-4-6-18(25)7-5-17/h3,8,13,17-18,25H,2,4-7,9-12,14H2,1H3/t17?,18?,21-/m1/s1. The quantitative estimate of drug-likeness (QED) is 0.854. The fourth-order valence-electron chi connectivity index (χ4n) is 5.26. The van der Waals surface area contributed by atoms with Crippen molar-refractivity contribution in [1.82, 2.24) is 4.90 Å². The predicted molar refractivity (Wildman–Crippen MR) is 105 cm³/mol. The van der Waals surface area contributed by atoms with E-state index < -0.39 is 0 Å². The normalized spacial score (nSPS) is 32.5. The third-order valence-corrected chi connectivity index (χ3v) is 6.96. The lowest BCUT2D eigenvalue weighted by molar-refractivity contribution is -0.139. The van der Waals surface area contributed by atoms with Crippen LogP contribution in [0.3, 0.4) is 0 Å². The molecule has 1 N–H and O–H groups in total. The first-order valence-electron chi connectivity index (χ1n) is 9.99. The zero-order valence-electron chi connectivity index (χ0n) is 15.6. The summed E-state index contributed by atoms with van der Waals surface area (Å²) in [6.45, 7) is 4.80. The lowest BCUT2D eigenvalue weighted by Crippen LogP contribution is -2.50. The van der Waals surface area contributed by atoms with Crippen molar-refractivity contribution in [3.05, 3.63) is 28.8 Å². The molecule has 2 heterocycles. The number of amides is 1. The summed E-state index contributed by atoms with van der Waals surface area (Å²) in [4.78, 5) is 17.9. The number of halogens is 1. The second-order valence-electron chi connectivity index (χ2n) is 8.45. The van der Waals surface area contributed by atoms with Gasteiger partial charge in [0.05, 0.1) is 11.5 Å². The SMILES string of the molecule is Cc1cc(Cl)ccc1N1CCC[C@@]2(CCN(C3CCC(O)CC3)C2=O)C1. The molecular weight excluding hydrogens is 348 g/mol. The first-order valence-corrected chi connectivity index (χ1v) is 10.4. The van der Waals surface area contributed by atoms with Crippen LogP contribution in [0.4, 0.5) is 5.69 Å². The number of carbonyl (C=O) groups excluding carboxylic acids is 1. The molecule has 3 aliphatic rings. The molecular formula is C21H29ClN2O2. The Morgan fingerprint density at radius 2 is 1.92 bits per heavy atom. The second kappa shape index (κ2) is 7.05. The van der Waals surface area contributed by atoms with Crippen LogP contribution in [-0.4, -0.2) is 47.7 Å². The summed E-state index contributed by atoms with van der Waals surface area (Å²) in [5.41, 5.74) is 2.17. The molecule has 4 nitrogen and oxygen atoms in total. The number of likely N-dealkylation sites (tertiary alicyclic amines) is 1. The highest BCUT2D eigenvalue weighted by molar-refractivity contribution is 6.30. The maximum Gasteiger partial charge on any atom is 0.230 e. The molecule has 2 aliphatic heterocycles. The molecule has 26 heavy (non-hydrogen) atoms. The molecule has 2 saturated heterocycles. The molecule has 1 spiro atoms. The van der Waals surface area contributed by atoms with Gasteiger partial charge in [0.25, 0.3) is 0 Å². The van der Waals surface area contributed by atoms with Gasteiger partial charge in [-0.3, -0.25) is 4.79 Å². The minimum Gasteiger partial charge on any atom is -0.393 e. The number of benzene rings is 1. The third kappa shape index (κ3) is 3.22. The smallest absolute Gasteiger partial charge is 0.230 e. The summed E-state index contributed by atoms with van der Waals surface area (Å²) in [5.74, 6) is 0.357. The molecule has 142 valence electrons. The van der Waals surface area contributed by atoms with Gasteiger partial charge in [0.2, 0.25) is 5.91 Å². The lowest BCUT2D eigenvalue weighted by Gasteiger charge is -2.42. The molecule has 3 fully saturated rings. The molecule has 0 unspecified atom stereocenters. The van der Waals surface area contributed by atoms with E-state index >= 15 is 0 Å². The van der Waals surface area contributed by atoms with Crippen LogP contribution >= 0.6 is 11.6 Å². The van der Waals surface area contributed by atoms with Crippen LogP contribution in [0.2, 0.25) is 5.02 Å². The van der Waals surface area contributed by atoms with Gasteiger partial charge in [0.15, 0.2) is 0 Å². The van der Waals surface area contributed by atoms with Crippen molar-refractivity contribution in [2.75, 3.05) is 24.5 Å². The topological polar surface area (TPSA) is 43.8 Å². The Balaban J connectivity index is 1.50. The van der Waals surface area contributed by atoms with E-state index in [4.69, 9.17) is 11.6 Å². The third-order valence-electron chi connectivity index (χ3n) is 6.73. The number of aryl methyl sites for hydroxylation is 1. The minimum atomic E-state index is -0.222. The van der Waals surface area contributed by atoms with Gasteiger partial charge in [-0.25, -0.2) is 0 Å². The number of aliphatic hydroxyl groups is 1. The molecule has 1 aromatic rings. The number of piperidine rings is 1. The number of carbonyl (C=O) groups is 1. The number of rotatable bonds is 2. The van der Waals surface area contributed by atoms with E-state index in [-0.39, 0.29) is 11.5 Å². The van der Waals surface area contributed by atoms with Gasteiger partial charge in [0.1, 0.15) is 0 Å². The second-order valence-corrected chi connectivity index (χ2v) is 8.88. The Labute approximate surface area is 161 Å².